The number of rotatable bonds is 6. The van der Waals surface area contributed by atoms with Gasteiger partial charge in [0, 0.05) is 5.02 Å². The highest BCUT2D eigenvalue weighted by molar-refractivity contribution is 9.10. The Hall–Kier alpha value is -1.83. The topological polar surface area (TPSA) is 60.5 Å². The minimum atomic E-state index is -0.696. The van der Waals surface area contributed by atoms with Gasteiger partial charge in [-0.2, -0.15) is 0 Å². The molecule has 26 heavy (non-hydrogen) atoms. The number of ether oxygens (including phenoxy) is 2. The van der Waals surface area contributed by atoms with Gasteiger partial charge in [-0.1, -0.05) is 22.9 Å². The summed E-state index contributed by atoms with van der Waals surface area (Å²) in [5.74, 6) is 1.05. The van der Waals surface area contributed by atoms with Crippen LogP contribution in [0.15, 0.2) is 40.9 Å². The number of hydrogen-bond donors (Lipinski definition) is 1. The van der Waals surface area contributed by atoms with Gasteiger partial charge in [0.2, 0.25) is 0 Å². The molecular formula is C18H16BrClN2O3S. The summed E-state index contributed by atoms with van der Waals surface area (Å²) < 4.78 is 12.8. The predicted octanol–water partition coefficient (Wildman–Crippen LogP) is 5.52. The fraction of sp³-hybridized carbons (Fsp3) is 0.222. The summed E-state index contributed by atoms with van der Waals surface area (Å²) in [6.45, 7) is 4.21. The summed E-state index contributed by atoms with van der Waals surface area (Å²) in [7, 11) is 0. The maximum atomic E-state index is 12.4. The highest BCUT2D eigenvalue weighted by atomic mass is 79.9. The fourth-order valence-electron chi connectivity index (χ4n) is 2.24. The van der Waals surface area contributed by atoms with Crippen molar-refractivity contribution in [3.05, 3.63) is 45.9 Å². The lowest BCUT2D eigenvalue weighted by atomic mass is 10.3. The number of halogens is 2. The van der Waals surface area contributed by atoms with Gasteiger partial charge in [0.05, 0.1) is 21.3 Å². The highest BCUT2D eigenvalue weighted by Gasteiger charge is 2.18. The summed E-state index contributed by atoms with van der Waals surface area (Å²) in [4.78, 5) is 16.8. The summed E-state index contributed by atoms with van der Waals surface area (Å²) in [5.41, 5.74) is 0.808. The third-order valence-electron chi connectivity index (χ3n) is 3.47. The van der Waals surface area contributed by atoms with Crippen molar-refractivity contribution < 1.29 is 14.3 Å². The van der Waals surface area contributed by atoms with Crippen molar-refractivity contribution >= 4 is 60.1 Å². The molecule has 0 aliphatic rings. The van der Waals surface area contributed by atoms with Crippen LogP contribution in [0.3, 0.4) is 0 Å². The molecule has 8 heteroatoms. The Morgan fingerprint density at radius 1 is 1.35 bits per heavy atom. The van der Waals surface area contributed by atoms with E-state index in [2.05, 4.69) is 26.2 Å². The molecule has 3 aromatic rings. The van der Waals surface area contributed by atoms with E-state index >= 15 is 0 Å². The molecule has 1 aromatic heterocycles. The van der Waals surface area contributed by atoms with Gasteiger partial charge in [0.25, 0.3) is 5.91 Å². The number of nitrogens with one attached hydrogen (secondary N) is 1. The van der Waals surface area contributed by atoms with Crippen LogP contribution in [0.2, 0.25) is 5.02 Å². The van der Waals surface area contributed by atoms with Gasteiger partial charge < -0.3 is 9.47 Å². The predicted molar refractivity (Wildman–Crippen MR) is 109 cm³/mol. The average molecular weight is 456 g/mol. The smallest absolute Gasteiger partial charge is 0.266 e. The maximum Gasteiger partial charge on any atom is 0.266 e. The molecule has 2 aromatic carbocycles. The standard InChI is InChI=1S/C18H16BrClN2O3S/c1-3-24-12-5-6-14-16(9-12)26-18(21-14)22-17(23)10(2)25-15-7-4-11(20)8-13(15)19/h4-10H,3H2,1-2H3,(H,21,22,23). The second-order valence-corrected chi connectivity index (χ2v) is 7.73. The molecule has 0 saturated carbocycles. The Balaban J connectivity index is 1.69. The highest BCUT2D eigenvalue weighted by Crippen LogP contribution is 2.31. The van der Waals surface area contributed by atoms with E-state index in [1.54, 1.807) is 25.1 Å². The number of aromatic nitrogens is 1. The van der Waals surface area contributed by atoms with Crippen LogP contribution in [0.1, 0.15) is 13.8 Å². The first-order valence-electron chi connectivity index (χ1n) is 7.92. The van der Waals surface area contributed by atoms with E-state index < -0.39 is 6.10 Å². The zero-order chi connectivity index (χ0) is 18.7. The summed E-state index contributed by atoms with van der Waals surface area (Å²) in [6.07, 6.45) is -0.696. The summed E-state index contributed by atoms with van der Waals surface area (Å²) in [6, 6.07) is 10.8. The van der Waals surface area contributed by atoms with E-state index in [0.717, 1.165) is 16.0 Å². The van der Waals surface area contributed by atoms with Crippen LogP contribution in [0.5, 0.6) is 11.5 Å². The number of nitrogens with zero attached hydrogens (tertiary/aromatic N) is 1. The minimum Gasteiger partial charge on any atom is -0.494 e. The molecule has 0 radical (unpaired) electrons. The Morgan fingerprint density at radius 2 is 2.15 bits per heavy atom. The van der Waals surface area contributed by atoms with Crippen molar-refractivity contribution in [1.82, 2.24) is 4.98 Å². The van der Waals surface area contributed by atoms with Crippen LogP contribution in [0.25, 0.3) is 10.2 Å². The van der Waals surface area contributed by atoms with Gasteiger partial charge in [-0.3, -0.25) is 10.1 Å². The number of carbonyl (C=O) groups is 1. The van der Waals surface area contributed by atoms with Gasteiger partial charge in [-0.05, 0) is 66.2 Å². The Kier molecular flexibility index (Phi) is 6.01. The van der Waals surface area contributed by atoms with E-state index in [1.165, 1.54) is 11.3 Å². The van der Waals surface area contributed by atoms with Crippen molar-refractivity contribution in [2.24, 2.45) is 0 Å². The molecule has 5 nitrogen and oxygen atoms in total. The van der Waals surface area contributed by atoms with Gasteiger partial charge >= 0.3 is 0 Å². The maximum absolute atomic E-state index is 12.4. The molecule has 0 bridgehead atoms. The third kappa shape index (κ3) is 4.47. The van der Waals surface area contributed by atoms with Crippen molar-refractivity contribution in [3.63, 3.8) is 0 Å². The molecule has 0 aliphatic heterocycles. The van der Waals surface area contributed by atoms with Crippen molar-refractivity contribution in [2.45, 2.75) is 20.0 Å². The molecule has 1 N–H and O–H groups in total. The average Bonchev–Trinajstić information content (AvgIpc) is 2.99. The summed E-state index contributed by atoms with van der Waals surface area (Å²) in [5, 5.41) is 3.90. The van der Waals surface area contributed by atoms with Gasteiger partial charge in [0.1, 0.15) is 11.5 Å². The Bertz CT molecular complexity index is 947. The lowest BCUT2D eigenvalue weighted by Gasteiger charge is -2.14. The lowest BCUT2D eigenvalue weighted by Crippen LogP contribution is -2.30. The molecule has 0 spiro atoms. The first-order valence-corrected chi connectivity index (χ1v) is 9.91. The van der Waals surface area contributed by atoms with Gasteiger partial charge in [0.15, 0.2) is 11.2 Å². The largest absolute Gasteiger partial charge is 0.494 e. The first kappa shape index (κ1) is 18.9. The second-order valence-electron chi connectivity index (χ2n) is 5.41. The zero-order valence-electron chi connectivity index (χ0n) is 14.1. The number of amides is 1. The molecule has 0 saturated heterocycles. The van der Waals surface area contributed by atoms with Crippen molar-refractivity contribution in [1.29, 1.82) is 0 Å². The van der Waals surface area contributed by atoms with Crippen LogP contribution in [-0.4, -0.2) is 23.6 Å². The Labute approximate surface area is 168 Å². The van der Waals surface area contributed by atoms with Crippen LogP contribution in [0.4, 0.5) is 5.13 Å². The quantitative estimate of drug-likeness (QED) is 0.532. The molecule has 0 aliphatic carbocycles. The minimum absolute atomic E-state index is 0.282. The SMILES string of the molecule is CCOc1ccc2nc(NC(=O)C(C)Oc3ccc(Cl)cc3Br)sc2c1. The number of thiazole rings is 1. The third-order valence-corrected chi connectivity index (χ3v) is 5.26. The Morgan fingerprint density at radius 3 is 2.88 bits per heavy atom. The van der Waals surface area contributed by atoms with Crippen LogP contribution in [-0.2, 0) is 4.79 Å². The number of fused-ring (bicyclic) bond motifs is 1. The number of carbonyl (C=O) groups excluding carboxylic acids is 1. The van der Waals surface area contributed by atoms with Crippen LogP contribution >= 0.6 is 38.9 Å². The van der Waals surface area contributed by atoms with E-state index in [-0.39, 0.29) is 5.91 Å². The number of anilines is 1. The monoisotopic (exact) mass is 454 g/mol. The summed E-state index contributed by atoms with van der Waals surface area (Å²) >= 11 is 10.7. The molecule has 3 rings (SSSR count). The van der Waals surface area contributed by atoms with Crippen LogP contribution < -0.4 is 14.8 Å². The number of benzene rings is 2. The fourth-order valence-corrected chi connectivity index (χ4v) is 3.91. The molecular weight excluding hydrogens is 440 g/mol. The van der Waals surface area contributed by atoms with E-state index in [9.17, 15) is 4.79 Å². The molecule has 1 unspecified atom stereocenters. The molecule has 1 amide bonds. The molecule has 0 fully saturated rings. The van der Waals surface area contributed by atoms with Crippen LogP contribution in [0, 0.1) is 0 Å². The van der Waals surface area contributed by atoms with Gasteiger partial charge in [-0.15, -0.1) is 0 Å². The van der Waals surface area contributed by atoms with E-state index in [0.29, 0.717) is 27.0 Å². The van der Waals surface area contributed by atoms with Crippen molar-refractivity contribution in [3.8, 4) is 11.5 Å². The number of hydrogen-bond acceptors (Lipinski definition) is 5. The molecule has 1 heterocycles. The molecule has 1 atom stereocenters. The normalized spacial score (nSPS) is 12.0. The van der Waals surface area contributed by atoms with Gasteiger partial charge in [-0.25, -0.2) is 4.98 Å². The first-order chi connectivity index (χ1) is 12.5. The van der Waals surface area contributed by atoms with E-state index in [1.807, 2.05) is 25.1 Å². The van der Waals surface area contributed by atoms with Crippen molar-refractivity contribution in [2.75, 3.05) is 11.9 Å². The zero-order valence-corrected chi connectivity index (χ0v) is 17.2. The molecule has 136 valence electrons. The van der Waals surface area contributed by atoms with E-state index in [4.69, 9.17) is 21.1 Å². The lowest BCUT2D eigenvalue weighted by molar-refractivity contribution is -0.122. The second kappa shape index (κ2) is 8.24.